The number of nitrogens with two attached hydrogens (primary N) is 1. The minimum atomic E-state index is -0.208. The van der Waals surface area contributed by atoms with E-state index in [4.69, 9.17) is 5.73 Å². The summed E-state index contributed by atoms with van der Waals surface area (Å²) in [6, 6.07) is 0. The molecule has 0 aromatic rings. The summed E-state index contributed by atoms with van der Waals surface area (Å²) in [6.45, 7) is 9.30. The molecule has 2 aliphatic heterocycles. The molecule has 0 aromatic heterocycles. The van der Waals surface area contributed by atoms with Gasteiger partial charge in [0.05, 0.1) is 6.54 Å². The fraction of sp³-hybridized carbons (Fsp3) is 0.917. The second kappa shape index (κ2) is 3.70. The molecule has 2 atom stereocenters. The smallest absolute Gasteiger partial charge is 0.231 e. The van der Waals surface area contributed by atoms with Gasteiger partial charge in [0, 0.05) is 26.2 Å². The molecular formula is C12H23N3O. The van der Waals surface area contributed by atoms with Crippen LogP contribution in [0.25, 0.3) is 0 Å². The van der Waals surface area contributed by atoms with Crippen LogP contribution in [0.5, 0.6) is 0 Å². The maximum Gasteiger partial charge on any atom is 0.231 e. The Morgan fingerprint density at radius 2 is 1.69 bits per heavy atom. The van der Waals surface area contributed by atoms with E-state index in [-0.39, 0.29) is 5.91 Å². The Bertz CT molecular complexity index is 287. The average Bonchev–Trinajstić information content (AvgIpc) is 1.93. The summed E-state index contributed by atoms with van der Waals surface area (Å²) < 4.78 is 0. The molecule has 2 saturated heterocycles. The Hall–Kier alpha value is -0.610. The van der Waals surface area contributed by atoms with Gasteiger partial charge in [-0.1, -0.05) is 13.8 Å². The van der Waals surface area contributed by atoms with Gasteiger partial charge in [0.1, 0.15) is 0 Å². The summed E-state index contributed by atoms with van der Waals surface area (Å²) in [4.78, 5) is 15.7. The largest absolute Gasteiger partial charge is 0.369 e. The lowest BCUT2D eigenvalue weighted by Gasteiger charge is -2.56. The fourth-order valence-electron chi connectivity index (χ4n) is 4.18. The van der Waals surface area contributed by atoms with Crippen molar-refractivity contribution in [3.63, 3.8) is 0 Å². The number of piperidine rings is 2. The van der Waals surface area contributed by atoms with Crippen molar-refractivity contribution in [3.8, 4) is 0 Å². The van der Waals surface area contributed by atoms with E-state index in [1.54, 1.807) is 0 Å². The SMILES string of the molecule is CN1C[C@@]2(C)CN(CC(N)=O)C[C@@](C)(C1)C2. The minimum absolute atomic E-state index is 0.208. The third-order valence-corrected chi connectivity index (χ3v) is 3.75. The highest BCUT2D eigenvalue weighted by molar-refractivity contribution is 5.75. The zero-order valence-electron chi connectivity index (χ0n) is 10.6. The first-order valence-electron chi connectivity index (χ1n) is 6.00. The number of hydrogen-bond donors (Lipinski definition) is 1. The van der Waals surface area contributed by atoms with Gasteiger partial charge in [-0.2, -0.15) is 0 Å². The summed E-state index contributed by atoms with van der Waals surface area (Å²) >= 11 is 0. The number of primary amides is 1. The van der Waals surface area contributed by atoms with Gasteiger partial charge in [0.15, 0.2) is 0 Å². The highest BCUT2D eigenvalue weighted by Crippen LogP contribution is 2.44. The standard InChI is InChI=1S/C12H23N3O/c1-11-5-12(2,7-14(3)6-11)9-15(8-11)4-10(13)16/h4-9H2,1-3H3,(H2,13,16)/t11-,12+. The highest BCUT2D eigenvalue weighted by Gasteiger charge is 2.47. The topological polar surface area (TPSA) is 49.6 Å². The molecule has 0 aromatic carbocycles. The van der Waals surface area contributed by atoms with Crippen molar-refractivity contribution in [2.45, 2.75) is 20.3 Å². The second-order valence-corrected chi connectivity index (χ2v) is 6.58. The quantitative estimate of drug-likeness (QED) is 0.727. The Morgan fingerprint density at radius 3 is 2.12 bits per heavy atom. The van der Waals surface area contributed by atoms with Crippen LogP contribution in [0.3, 0.4) is 0 Å². The summed E-state index contributed by atoms with van der Waals surface area (Å²) in [5.74, 6) is -0.208. The zero-order chi connectivity index (χ0) is 12.0. The molecule has 4 nitrogen and oxygen atoms in total. The van der Waals surface area contributed by atoms with Crippen LogP contribution in [0.4, 0.5) is 0 Å². The number of carbonyl (C=O) groups excluding carboxylic acids is 1. The van der Waals surface area contributed by atoms with Crippen LogP contribution in [0.15, 0.2) is 0 Å². The molecule has 2 aliphatic rings. The lowest BCUT2D eigenvalue weighted by Crippen LogP contribution is -2.62. The second-order valence-electron chi connectivity index (χ2n) is 6.58. The first kappa shape index (κ1) is 11.9. The molecule has 2 fully saturated rings. The van der Waals surface area contributed by atoms with Gasteiger partial charge >= 0.3 is 0 Å². The van der Waals surface area contributed by atoms with Gasteiger partial charge in [-0.05, 0) is 24.3 Å². The van der Waals surface area contributed by atoms with E-state index in [2.05, 4.69) is 30.7 Å². The van der Waals surface area contributed by atoms with Crippen molar-refractivity contribution in [3.05, 3.63) is 0 Å². The molecule has 0 unspecified atom stereocenters. The first-order valence-corrected chi connectivity index (χ1v) is 6.00. The molecule has 0 aliphatic carbocycles. The molecule has 2 heterocycles. The van der Waals surface area contributed by atoms with Crippen LogP contribution in [0.2, 0.25) is 0 Å². The van der Waals surface area contributed by atoms with Crippen LogP contribution in [0, 0.1) is 10.8 Å². The van der Waals surface area contributed by atoms with E-state index in [9.17, 15) is 4.79 Å². The first-order chi connectivity index (χ1) is 7.30. The number of carbonyl (C=O) groups is 1. The van der Waals surface area contributed by atoms with E-state index in [1.165, 1.54) is 6.42 Å². The van der Waals surface area contributed by atoms with Crippen molar-refractivity contribution in [1.82, 2.24) is 9.80 Å². The Labute approximate surface area is 97.8 Å². The van der Waals surface area contributed by atoms with Crippen LogP contribution < -0.4 is 5.73 Å². The summed E-state index contributed by atoms with van der Waals surface area (Å²) in [5, 5.41) is 0. The maximum atomic E-state index is 11.0. The lowest BCUT2D eigenvalue weighted by molar-refractivity contribution is -0.123. The van der Waals surface area contributed by atoms with Crippen LogP contribution in [-0.2, 0) is 4.79 Å². The number of fused-ring (bicyclic) bond motifs is 2. The van der Waals surface area contributed by atoms with Crippen LogP contribution >= 0.6 is 0 Å². The van der Waals surface area contributed by atoms with Crippen LogP contribution in [0.1, 0.15) is 20.3 Å². The van der Waals surface area contributed by atoms with E-state index in [0.717, 1.165) is 26.2 Å². The Balaban J connectivity index is 2.13. The van der Waals surface area contributed by atoms with Crippen molar-refractivity contribution >= 4 is 5.91 Å². The molecule has 0 saturated carbocycles. The monoisotopic (exact) mass is 225 g/mol. The third kappa shape index (κ3) is 2.38. The number of rotatable bonds is 2. The Kier molecular flexibility index (Phi) is 2.75. The molecule has 4 heteroatoms. The summed E-state index contributed by atoms with van der Waals surface area (Å²) in [6.07, 6.45) is 1.26. The predicted molar refractivity (Wildman–Crippen MR) is 64.0 cm³/mol. The number of nitrogens with zero attached hydrogens (tertiary/aromatic N) is 2. The highest BCUT2D eigenvalue weighted by atomic mass is 16.1. The van der Waals surface area contributed by atoms with Crippen molar-refractivity contribution in [1.29, 1.82) is 0 Å². The molecule has 0 radical (unpaired) electrons. The normalized spacial score (nSPS) is 40.9. The molecule has 92 valence electrons. The molecule has 1 amide bonds. The molecule has 0 spiro atoms. The van der Waals surface area contributed by atoms with E-state index in [1.807, 2.05) is 0 Å². The molecule has 2 N–H and O–H groups in total. The van der Waals surface area contributed by atoms with Crippen molar-refractivity contribution in [2.24, 2.45) is 16.6 Å². The molecular weight excluding hydrogens is 202 g/mol. The van der Waals surface area contributed by atoms with Gasteiger partial charge < -0.3 is 10.6 Å². The van der Waals surface area contributed by atoms with E-state index >= 15 is 0 Å². The third-order valence-electron chi connectivity index (χ3n) is 3.75. The lowest BCUT2D eigenvalue weighted by atomic mass is 9.65. The number of amides is 1. The van der Waals surface area contributed by atoms with Gasteiger partial charge in [-0.25, -0.2) is 0 Å². The van der Waals surface area contributed by atoms with Gasteiger partial charge in [0.25, 0.3) is 0 Å². The Morgan fingerprint density at radius 1 is 1.19 bits per heavy atom. The maximum absolute atomic E-state index is 11.0. The predicted octanol–water partition coefficient (Wildman–Crippen LogP) is 0.135. The average molecular weight is 225 g/mol. The van der Waals surface area contributed by atoms with Gasteiger partial charge in [0.2, 0.25) is 5.91 Å². The van der Waals surface area contributed by atoms with E-state index < -0.39 is 0 Å². The summed E-state index contributed by atoms with van der Waals surface area (Å²) in [5.41, 5.74) is 5.93. The summed E-state index contributed by atoms with van der Waals surface area (Å²) in [7, 11) is 2.19. The molecule has 2 rings (SSSR count). The van der Waals surface area contributed by atoms with Crippen molar-refractivity contribution in [2.75, 3.05) is 39.8 Å². The zero-order valence-corrected chi connectivity index (χ0v) is 10.6. The molecule has 2 bridgehead atoms. The van der Waals surface area contributed by atoms with Gasteiger partial charge in [-0.15, -0.1) is 0 Å². The minimum Gasteiger partial charge on any atom is -0.369 e. The fourth-order valence-corrected chi connectivity index (χ4v) is 4.18. The molecule has 16 heavy (non-hydrogen) atoms. The van der Waals surface area contributed by atoms with E-state index in [0.29, 0.717) is 17.4 Å². The van der Waals surface area contributed by atoms with Crippen molar-refractivity contribution < 1.29 is 4.79 Å². The van der Waals surface area contributed by atoms with Crippen LogP contribution in [-0.4, -0.2) is 55.5 Å². The number of hydrogen-bond acceptors (Lipinski definition) is 3. The van der Waals surface area contributed by atoms with Gasteiger partial charge in [-0.3, -0.25) is 9.69 Å². The number of likely N-dealkylation sites (tertiary alicyclic amines) is 2.